The summed E-state index contributed by atoms with van der Waals surface area (Å²) in [5.41, 5.74) is 8.71. The SMILES string of the molecule is Cc1cc(C)c(S(=O)(=O)N(CCCO)C(C)C)c(C)c1N. The van der Waals surface area contributed by atoms with Crippen LogP contribution in [0.4, 0.5) is 5.69 Å². The summed E-state index contributed by atoms with van der Waals surface area (Å²) in [5, 5.41) is 8.98. The summed E-state index contributed by atoms with van der Waals surface area (Å²) >= 11 is 0. The van der Waals surface area contributed by atoms with Gasteiger partial charge in [-0.2, -0.15) is 4.31 Å². The molecular weight excluding hydrogens is 288 g/mol. The number of aliphatic hydroxyl groups is 1. The molecule has 0 spiro atoms. The molecule has 0 unspecified atom stereocenters. The molecule has 0 atom stereocenters. The number of nitrogens with two attached hydrogens (primary N) is 1. The van der Waals surface area contributed by atoms with Gasteiger partial charge in [0.05, 0.1) is 4.90 Å². The molecule has 0 heterocycles. The lowest BCUT2D eigenvalue weighted by atomic mass is 10.1. The van der Waals surface area contributed by atoms with Crippen molar-refractivity contribution in [1.82, 2.24) is 4.31 Å². The van der Waals surface area contributed by atoms with E-state index >= 15 is 0 Å². The van der Waals surface area contributed by atoms with E-state index in [1.807, 2.05) is 20.8 Å². The van der Waals surface area contributed by atoms with Crippen molar-refractivity contribution in [2.24, 2.45) is 0 Å². The smallest absolute Gasteiger partial charge is 0.243 e. The summed E-state index contributed by atoms with van der Waals surface area (Å²) < 4.78 is 27.4. The molecule has 1 aromatic carbocycles. The predicted octanol–water partition coefficient (Wildman–Crippen LogP) is 1.98. The summed E-state index contributed by atoms with van der Waals surface area (Å²) in [7, 11) is -3.63. The lowest BCUT2D eigenvalue weighted by Gasteiger charge is -2.28. The van der Waals surface area contributed by atoms with Crippen molar-refractivity contribution >= 4 is 15.7 Å². The van der Waals surface area contributed by atoms with Crippen LogP contribution in [0.5, 0.6) is 0 Å². The molecule has 1 aromatic rings. The average Bonchev–Trinajstić information content (AvgIpc) is 2.35. The van der Waals surface area contributed by atoms with Crippen molar-refractivity contribution in [3.8, 4) is 0 Å². The molecule has 120 valence electrons. The minimum Gasteiger partial charge on any atom is -0.398 e. The maximum absolute atomic E-state index is 13.0. The van der Waals surface area contributed by atoms with E-state index in [1.54, 1.807) is 19.9 Å². The first-order valence-electron chi connectivity index (χ1n) is 7.13. The summed E-state index contributed by atoms with van der Waals surface area (Å²) in [6, 6.07) is 1.63. The number of aryl methyl sites for hydroxylation is 2. The number of hydrogen-bond donors (Lipinski definition) is 2. The van der Waals surface area contributed by atoms with E-state index in [9.17, 15) is 8.42 Å². The van der Waals surface area contributed by atoms with E-state index in [-0.39, 0.29) is 17.5 Å². The molecule has 0 amide bonds. The monoisotopic (exact) mass is 314 g/mol. The highest BCUT2D eigenvalue weighted by molar-refractivity contribution is 7.89. The Bertz CT molecular complexity index is 610. The zero-order valence-electron chi connectivity index (χ0n) is 13.5. The fourth-order valence-electron chi connectivity index (χ4n) is 2.58. The Kier molecular flexibility index (Phi) is 5.78. The number of nitrogen functional groups attached to an aromatic ring is 1. The van der Waals surface area contributed by atoms with E-state index in [4.69, 9.17) is 10.8 Å². The standard InChI is InChI=1S/C15H26N2O3S/c1-10(2)17(7-6-8-18)21(19,20)15-12(4)9-11(3)14(16)13(15)5/h9-10,18H,6-8,16H2,1-5H3. The Balaban J connectivity index is 3.45. The molecule has 0 fully saturated rings. The van der Waals surface area contributed by atoms with Crippen LogP contribution >= 0.6 is 0 Å². The van der Waals surface area contributed by atoms with E-state index in [0.29, 0.717) is 29.8 Å². The van der Waals surface area contributed by atoms with E-state index in [1.165, 1.54) is 4.31 Å². The van der Waals surface area contributed by atoms with Crippen molar-refractivity contribution in [3.05, 3.63) is 22.8 Å². The fourth-order valence-corrected chi connectivity index (χ4v) is 4.70. The largest absolute Gasteiger partial charge is 0.398 e. The maximum atomic E-state index is 13.0. The van der Waals surface area contributed by atoms with Crippen LogP contribution in [0, 0.1) is 20.8 Å². The Hall–Kier alpha value is -1.11. The van der Waals surface area contributed by atoms with Crippen LogP contribution in [0.25, 0.3) is 0 Å². The van der Waals surface area contributed by atoms with Crippen LogP contribution in [0.1, 0.15) is 37.0 Å². The number of nitrogens with zero attached hydrogens (tertiary/aromatic N) is 1. The van der Waals surface area contributed by atoms with E-state index in [2.05, 4.69) is 0 Å². The van der Waals surface area contributed by atoms with Crippen LogP contribution in [0.3, 0.4) is 0 Å². The highest BCUT2D eigenvalue weighted by Gasteiger charge is 2.30. The molecule has 0 saturated carbocycles. The molecule has 3 N–H and O–H groups in total. The first kappa shape index (κ1) is 17.9. The van der Waals surface area contributed by atoms with Crippen LogP contribution in [0.2, 0.25) is 0 Å². The van der Waals surface area contributed by atoms with Crippen LogP contribution < -0.4 is 5.73 Å². The van der Waals surface area contributed by atoms with Crippen molar-refractivity contribution in [3.63, 3.8) is 0 Å². The van der Waals surface area contributed by atoms with Gasteiger partial charge in [-0.3, -0.25) is 0 Å². The Morgan fingerprint density at radius 2 is 1.81 bits per heavy atom. The molecule has 5 nitrogen and oxygen atoms in total. The normalized spacial score (nSPS) is 12.4. The van der Waals surface area contributed by atoms with Gasteiger partial charge < -0.3 is 10.8 Å². The van der Waals surface area contributed by atoms with E-state index in [0.717, 1.165) is 5.56 Å². The number of rotatable bonds is 6. The third-order valence-electron chi connectivity index (χ3n) is 3.64. The molecule has 0 radical (unpaired) electrons. The highest BCUT2D eigenvalue weighted by atomic mass is 32.2. The first-order chi connectivity index (χ1) is 9.64. The van der Waals surface area contributed by atoms with Gasteiger partial charge in [-0.05, 0) is 57.7 Å². The number of benzene rings is 1. The second-order valence-corrected chi connectivity index (χ2v) is 7.49. The summed E-state index contributed by atoms with van der Waals surface area (Å²) in [4.78, 5) is 0.289. The third-order valence-corrected chi connectivity index (χ3v) is 6.01. The second-order valence-electron chi connectivity index (χ2n) is 5.66. The molecule has 0 saturated heterocycles. The minimum absolute atomic E-state index is 0.0350. The lowest BCUT2D eigenvalue weighted by Crippen LogP contribution is -2.38. The van der Waals surface area contributed by atoms with Crippen LogP contribution in [-0.2, 0) is 10.0 Å². The summed E-state index contributed by atoms with van der Waals surface area (Å²) in [6.45, 7) is 9.32. The first-order valence-corrected chi connectivity index (χ1v) is 8.57. The predicted molar refractivity (Wildman–Crippen MR) is 85.8 cm³/mol. The summed E-state index contributed by atoms with van der Waals surface area (Å²) in [5.74, 6) is 0. The van der Waals surface area contributed by atoms with Gasteiger partial charge in [-0.15, -0.1) is 0 Å². The number of anilines is 1. The Morgan fingerprint density at radius 1 is 1.24 bits per heavy atom. The van der Waals surface area contributed by atoms with Gasteiger partial charge in [0.1, 0.15) is 0 Å². The Morgan fingerprint density at radius 3 is 2.29 bits per heavy atom. The minimum atomic E-state index is -3.63. The van der Waals surface area contributed by atoms with Crippen molar-refractivity contribution in [2.75, 3.05) is 18.9 Å². The van der Waals surface area contributed by atoms with Crippen molar-refractivity contribution in [2.45, 2.75) is 52.0 Å². The Labute approximate surface area is 127 Å². The van der Waals surface area contributed by atoms with Crippen molar-refractivity contribution in [1.29, 1.82) is 0 Å². The number of sulfonamides is 1. The van der Waals surface area contributed by atoms with Gasteiger partial charge in [-0.25, -0.2) is 8.42 Å². The topological polar surface area (TPSA) is 83.6 Å². The van der Waals surface area contributed by atoms with Gasteiger partial charge in [0.25, 0.3) is 0 Å². The third kappa shape index (κ3) is 3.56. The number of aliphatic hydroxyl groups excluding tert-OH is 1. The van der Waals surface area contributed by atoms with Gasteiger partial charge in [0.15, 0.2) is 0 Å². The van der Waals surface area contributed by atoms with Gasteiger partial charge in [0.2, 0.25) is 10.0 Å². The molecule has 0 aromatic heterocycles. The fraction of sp³-hybridized carbons (Fsp3) is 0.600. The molecule has 6 heteroatoms. The molecule has 21 heavy (non-hydrogen) atoms. The molecule has 0 bridgehead atoms. The quantitative estimate of drug-likeness (QED) is 0.786. The zero-order chi connectivity index (χ0) is 16.4. The molecule has 1 rings (SSSR count). The number of hydrogen-bond acceptors (Lipinski definition) is 4. The maximum Gasteiger partial charge on any atom is 0.243 e. The van der Waals surface area contributed by atoms with E-state index < -0.39 is 10.0 Å². The molecular formula is C15H26N2O3S. The van der Waals surface area contributed by atoms with Gasteiger partial charge in [0, 0.05) is 24.9 Å². The molecule has 0 aliphatic heterocycles. The van der Waals surface area contributed by atoms with Gasteiger partial charge >= 0.3 is 0 Å². The molecule has 0 aliphatic carbocycles. The van der Waals surface area contributed by atoms with Crippen LogP contribution in [-0.4, -0.2) is 37.0 Å². The van der Waals surface area contributed by atoms with Crippen molar-refractivity contribution < 1.29 is 13.5 Å². The zero-order valence-corrected chi connectivity index (χ0v) is 14.3. The summed E-state index contributed by atoms with van der Waals surface area (Å²) in [6.07, 6.45) is 0.414. The molecule has 0 aliphatic rings. The van der Waals surface area contributed by atoms with Gasteiger partial charge in [-0.1, -0.05) is 6.07 Å². The average molecular weight is 314 g/mol. The second kappa shape index (κ2) is 6.77. The van der Waals surface area contributed by atoms with Crippen LogP contribution in [0.15, 0.2) is 11.0 Å². The highest BCUT2D eigenvalue weighted by Crippen LogP contribution is 2.31. The lowest BCUT2D eigenvalue weighted by molar-refractivity contribution is 0.258.